The third-order valence-electron chi connectivity index (χ3n) is 6.54. The zero-order valence-corrected chi connectivity index (χ0v) is 19.7. The van der Waals surface area contributed by atoms with Gasteiger partial charge in [0, 0.05) is 13.1 Å². The van der Waals surface area contributed by atoms with Gasteiger partial charge in [-0.05, 0) is 57.2 Å². The van der Waals surface area contributed by atoms with Crippen molar-refractivity contribution in [2.45, 2.75) is 51.4 Å². The van der Waals surface area contributed by atoms with E-state index in [1.54, 1.807) is 0 Å². The van der Waals surface area contributed by atoms with Gasteiger partial charge in [-0.1, -0.05) is 67.5 Å². The summed E-state index contributed by atoms with van der Waals surface area (Å²) in [6.07, 6.45) is 10.9. The van der Waals surface area contributed by atoms with Crippen LogP contribution in [-0.2, 0) is 15.0 Å². The third-order valence-corrected chi connectivity index (χ3v) is 6.54. The number of unbranched alkanes of at least 4 members (excludes halogenated alkanes) is 2. The van der Waals surface area contributed by atoms with E-state index in [1.165, 1.54) is 0 Å². The summed E-state index contributed by atoms with van der Waals surface area (Å²) in [6, 6.07) is 10.1. The number of nitrogens with zero attached hydrogens (tertiary/aromatic N) is 1. The lowest BCUT2D eigenvalue weighted by Crippen LogP contribution is -2.49. The number of carbonyl (C=O) groups excluding carboxylic acids is 2. The van der Waals surface area contributed by atoms with E-state index in [4.69, 9.17) is 11.5 Å². The van der Waals surface area contributed by atoms with E-state index in [-0.39, 0.29) is 24.3 Å². The first-order chi connectivity index (χ1) is 15.5. The van der Waals surface area contributed by atoms with Gasteiger partial charge in [-0.25, -0.2) is 0 Å². The molecule has 5 N–H and O–H groups in total. The Morgan fingerprint density at radius 2 is 1.97 bits per heavy atom. The monoisotopic (exact) mass is 440 g/mol. The van der Waals surface area contributed by atoms with Crippen molar-refractivity contribution in [2.24, 2.45) is 17.4 Å². The van der Waals surface area contributed by atoms with Crippen molar-refractivity contribution in [3.05, 3.63) is 59.7 Å². The van der Waals surface area contributed by atoms with Crippen LogP contribution in [-0.4, -0.2) is 49.4 Å². The Bertz CT molecular complexity index is 790. The van der Waals surface area contributed by atoms with Gasteiger partial charge in [0.15, 0.2) is 0 Å². The van der Waals surface area contributed by atoms with Crippen LogP contribution in [0, 0.1) is 5.92 Å². The summed E-state index contributed by atoms with van der Waals surface area (Å²) >= 11 is 0. The smallest absolute Gasteiger partial charge is 0.233 e. The highest BCUT2D eigenvalue weighted by molar-refractivity contribution is 5.91. The van der Waals surface area contributed by atoms with Crippen LogP contribution in [0.4, 0.5) is 0 Å². The Morgan fingerprint density at radius 1 is 1.22 bits per heavy atom. The van der Waals surface area contributed by atoms with E-state index in [9.17, 15) is 9.59 Å². The Hall–Kier alpha value is -2.44. The van der Waals surface area contributed by atoms with E-state index < -0.39 is 5.41 Å². The van der Waals surface area contributed by atoms with Crippen molar-refractivity contribution in [2.75, 3.05) is 32.7 Å². The van der Waals surface area contributed by atoms with Gasteiger partial charge in [0.05, 0.1) is 12.0 Å². The van der Waals surface area contributed by atoms with Crippen molar-refractivity contribution >= 4 is 11.8 Å². The molecule has 2 unspecified atom stereocenters. The number of likely N-dealkylation sites (tertiary alicyclic amines) is 1. The first-order valence-electron chi connectivity index (χ1n) is 11.9. The van der Waals surface area contributed by atoms with Crippen molar-refractivity contribution in [1.29, 1.82) is 0 Å². The Labute approximate surface area is 193 Å². The molecule has 1 fully saturated rings. The second kappa shape index (κ2) is 13.2. The summed E-state index contributed by atoms with van der Waals surface area (Å²) in [5.41, 5.74) is 12.8. The molecule has 2 amide bonds. The Morgan fingerprint density at radius 3 is 2.59 bits per heavy atom. The maximum Gasteiger partial charge on any atom is 0.233 e. The molecule has 0 saturated carbocycles. The van der Waals surface area contributed by atoms with Gasteiger partial charge >= 0.3 is 0 Å². The molecule has 6 nitrogen and oxygen atoms in total. The summed E-state index contributed by atoms with van der Waals surface area (Å²) in [7, 11) is 0. The van der Waals surface area contributed by atoms with E-state index in [1.807, 2.05) is 49.4 Å². The minimum atomic E-state index is -0.795. The van der Waals surface area contributed by atoms with Crippen LogP contribution < -0.4 is 16.8 Å². The SMILES string of the molecule is C/C=C\C=C(/CC)C(C(N)=O)(c1ccccc1)C1CCN(CCCCCNC(=O)CN)C1. The lowest BCUT2D eigenvalue weighted by atomic mass is 9.63. The van der Waals surface area contributed by atoms with Crippen LogP contribution in [0.1, 0.15) is 51.5 Å². The molecule has 2 rings (SSSR count). The van der Waals surface area contributed by atoms with Crippen LogP contribution >= 0.6 is 0 Å². The zero-order chi connectivity index (χ0) is 23.4. The molecule has 0 aromatic heterocycles. The number of amides is 2. The number of hydrogen-bond acceptors (Lipinski definition) is 4. The third kappa shape index (κ3) is 6.30. The number of primary amides is 1. The number of nitrogens with two attached hydrogens (primary N) is 2. The molecular weight excluding hydrogens is 400 g/mol. The van der Waals surface area contributed by atoms with Crippen molar-refractivity contribution in [3.8, 4) is 0 Å². The van der Waals surface area contributed by atoms with Crippen molar-refractivity contribution < 1.29 is 9.59 Å². The second-order valence-electron chi connectivity index (χ2n) is 8.51. The molecule has 0 spiro atoms. The summed E-state index contributed by atoms with van der Waals surface area (Å²) in [5, 5.41) is 2.81. The molecule has 0 aliphatic carbocycles. The lowest BCUT2D eigenvalue weighted by Gasteiger charge is -2.39. The molecule has 2 atom stereocenters. The predicted octanol–water partition coefficient (Wildman–Crippen LogP) is 2.89. The predicted molar refractivity (Wildman–Crippen MR) is 131 cm³/mol. The van der Waals surface area contributed by atoms with Crippen molar-refractivity contribution in [3.63, 3.8) is 0 Å². The highest BCUT2D eigenvalue weighted by Crippen LogP contribution is 2.45. The molecule has 1 aliphatic rings. The van der Waals surface area contributed by atoms with E-state index >= 15 is 0 Å². The molecule has 1 aromatic carbocycles. The highest BCUT2D eigenvalue weighted by atomic mass is 16.2. The minimum Gasteiger partial charge on any atom is -0.369 e. The minimum absolute atomic E-state index is 0.0421. The number of nitrogens with one attached hydrogen (secondary N) is 1. The maximum atomic E-state index is 13.2. The first kappa shape index (κ1) is 25.8. The molecule has 0 radical (unpaired) electrons. The van der Waals surface area contributed by atoms with E-state index in [2.05, 4.69) is 23.2 Å². The van der Waals surface area contributed by atoms with E-state index in [0.29, 0.717) is 6.54 Å². The van der Waals surface area contributed by atoms with Crippen LogP contribution in [0.5, 0.6) is 0 Å². The summed E-state index contributed by atoms with van der Waals surface area (Å²) in [4.78, 5) is 26.8. The summed E-state index contributed by atoms with van der Waals surface area (Å²) in [5.74, 6) is -0.222. The molecule has 1 aliphatic heterocycles. The number of hydrogen-bond donors (Lipinski definition) is 3. The Kier molecular flexibility index (Phi) is 10.6. The fourth-order valence-corrected chi connectivity index (χ4v) is 4.95. The Balaban J connectivity index is 2.13. The van der Waals surface area contributed by atoms with E-state index in [0.717, 1.165) is 62.9 Å². The lowest BCUT2D eigenvalue weighted by molar-refractivity contribution is -0.124. The normalized spacial score (nSPS) is 19.2. The fourth-order valence-electron chi connectivity index (χ4n) is 4.95. The molecule has 176 valence electrons. The molecule has 6 heteroatoms. The average molecular weight is 441 g/mol. The quantitative estimate of drug-likeness (QED) is 0.324. The molecule has 1 heterocycles. The topological polar surface area (TPSA) is 101 Å². The number of carbonyl (C=O) groups is 2. The molecule has 1 aromatic rings. The maximum absolute atomic E-state index is 13.2. The summed E-state index contributed by atoms with van der Waals surface area (Å²) < 4.78 is 0. The highest BCUT2D eigenvalue weighted by Gasteiger charge is 2.49. The van der Waals surface area contributed by atoms with Gasteiger partial charge in [-0.3, -0.25) is 9.59 Å². The van der Waals surface area contributed by atoms with Crippen LogP contribution in [0.25, 0.3) is 0 Å². The standard InChI is InChI=1S/C26H40N4O2/c1-3-5-12-21(4-2)26(25(28)32,22-13-8-6-9-14-22)23-15-18-30(20-23)17-11-7-10-16-29-24(31)19-27/h3,5-6,8-9,12-14,23H,4,7,10-11,15-20,27H2,1-2H3,(H2,28,32)(H,29,31)/b5-3-,21-12+. The van der Waals surface area contributed by atoms with Gasteiger partial charge in [-0.15, -0.1) is 0 Å². The number of rotatable bonds is 13. The average Bonchev–Trinajstić information content (AvgIpc) is 3.27. The largest absolute Gasteiger partial charge is 0.369 e. The van der Waals surface area contributed by atoms with Gasteiger partial charge in [0.25, 0.3) is 0 Å². The van der Waals surface area contributed by atoms with Gasteiger partial charge in [0.1, 0.15) is 0 Å². The second-order valence-corrected chi connectivity index (χ2v) is 8.51. The van der Waals surface area contributed by atoms with Gasteiger partial charge in [0.2, 0.25) is 11.8 Å². The number of benzene rings is 1. The fraction of sp³-hybridized carbons (Fsp3) is 0.538. The number of allylic oxidation sites excluding steroid dienone is 3. The van der Waals surface area contributed by atoms with Gasteiger partial charge in [-0.2, -0.15) is 0 Å². The molecule has 0 bridgehead atoms. The molecule has 1 saturated heterocycles. The van der Waals surface area contributed by atoms with Crippen LogP contribution in [0.3, 0.4) is 0 Å². The van der Waals surface area contributed by atoms with Crippen molar-refractivity contribution in [1.82, 2.24) is 10.2 Å². The first-order valence-corrected chi connectivity index (χ1v) is 11.9. The zero-order valence-electron chi connectivity index (χ0n) is 19.7. The molecular formula is C26H40N4O2. The molecule has 32 heavy (non-hydrogen) atoms. The summed E-state index contributed by atoms with van der Waals surface area (Å²) in [6.45, 7) is 7.62. The van der Waals surface area contributed by atoms with Crippen LogP contribution in [0.15, 0.2) is 54.1 Å². The van der Waals surface area contributed by atoms with Crippen LogP contribution in [0.2, 0.25) is 0 Å². The van der Waals surface area contributed by atoms with Gasteiger partial charge < -0.3 is 21.7 Å².